The van der Waals surface area contributed by atoms with Crippen molar-refractivity contribution in [1.29, 1.82) is 0 Å². The maximum Gasteiger partial charge on any atom is 0.149 e. The number of benzene rings is 1. The molecule has 0 spiro atoms. The number of halogens is 2. The molecule has 0 amide bonds. The molecule has 2 rings (SSSR count). The molecular weight excluding hydrogens is 222 g/mol. The van der Waals surface area contributed by atoms with E-state index in [1.165, 1.54) is 6.07 Å². The van der Waals surface area contributed by atoms with Crippen LogP contribution in [0.3, 0.4) is 0 Å². The van der Waals surface area contributed by atoms with Crippen LogP contribution in [-0.4, -0.2) is 13.1 Å². The second-order valence-electron chi connectivity index (χ2n) is 5.19. The Balaban J connectivity index is 2.48. The van der Waals surface area contributed by atoms with Gasteiger partial charge in [-0.3, -0.25) is 0 Å². The average Bonchev–Trinajstić information content (AvgIpc) is 2.23. The van der Waals surface area contributed by atoms with Gasteiger partial charge in [0, 0.05) is 12.6 Å². The summed E-state index contributed by atoms with van der Waals surface area (Å²) in [5.74, 6) is -0.745. The molecule has 1 unspecified atom stereocenters. The third-order valence-electron chi connectivity index (χ3n) is 3.81. The molecule has 0 saturated carbocycles. The first-order valence-corrected chi connectivity index (χ1v) is 5.90. The van der Waals surface area contributed by atoms with Crippen LogP contribution in [0.25, 0.3) is 0 Å². The molecular formula is C13H18F2N2. The van der Waals surface area contributed by atoms with Crippen molar-refractivity contribution in [3.8, 4) is 0 Å². The summed E-state index contributed by atoms with van der Waals surface area (Å²) >= 11 is 0. The number of nitrogens with one attached hydrogen (secondary N) is 1. The maximum absolute atomic E-state index is 13.7. The number of fused-ring (bicyclic) bond motifs is 1. The lowest BCUT2D eigenvalue weighted by Crippen LogP contribution is -2.40. The van der Waals surface area contributed by atoms with Crippen LogP contribution in [0.4, 0.5) is 14.5 Å². The zero-order valence-electron chi connectivity index (χ0n) is 10.2. The number of hydrogen-bond acceptors (Lipinski definition) is 2. The predicted molar refractivity (Wildman–Crippen MR) is 65.0 cm³/mol. The second kappa shape index (κ2) is 4.26. The van der Waals surface area contributed by atoms with Crippen molar-refractivity contribution in [3.63, 3.8) is 0 Å². The molecule has 0 bridgehead atoms. The van der Waals surface area contributed by atoms with Gasteiger partial charge in [0.15, 0.2) is 0 Å². The second-order valence-corrected chi connectivity index (χ2v) is 5.19. The minimum absolute atomic E-state index is 0.261. The smallest absolute Gasteiger partial charge is 0.149 e. The van der Waals surface area contributed by atoms with Crippen LogP contribution in [0.1, 0.15) is 25.8 Å². The maximum atomic E-state index is 13.7. The van der Waals surface area contributed by atoms with Crippen LogP contribution >= 0.6 is 0 Å². The standard InChI is InChI=1S/C13H18F2N2/c1-13(2)8(3-4-16)7-17-12-10(13)5-9(14)6-11(12)15/h5-6,8,17H,3-4,7,16H2,1-2H3. The Morgan fingerprint density at radius 1 is 1.41 bits per heavy atom. The van der Waals surface area contributed by atoms with Crippen molar-refractivity contribution in [2.24, 2.45) is 11.7 Å². The van der Waals surface area contributed by atoms with E-state index >= 15 is 0 Å². The van der Waals surface area contributed by atoms with Gasteiger partial charge in [-0.2, -0.15) is 0 Å². The average molecular weight is 240 g/mol. The van der Waals surface area contributed by atoms with Gasteiger partial charge in [-0.05, 0) is 35.9 Å². The molecule has 1 aliphatic rings. The third-order valence-corrected chi connectivity index (χ3v) is 3.81. The number of rotatable bonds is 2. The van der Waals surface area contributed by atoms with Crippen LogP contribution < -0.4 is 11.1 Å². The largest absolute Gasteiger partial charge is 0.382 e. The molecule has 1 aromatic rings. The van der Waals surface area contributed by atoms with Gasteiger partial charge < -0.3 is 11.1 Å². The molecule has 2 nitrogen and oxygen atoms in total. The van der Waals surface area contributed by atoms with E-state index in [1.54, 1.807) is 0 Å². The van der Waals surface area contributed by atoms with E-state index < -0.39 is 11.6 Å². The van der Waals surface area contributed by atoms with Gasteiger partial charge in [0.25, 0.3) is 0 Å². The van der Waals surface area contributed by atoms with Gasteiger partial charge in [0.1, 0.15) is 11.6 Å². The topological polar surface area (TPSA) is 38.0 Å². The molecule has 1 heterocycles. The third kappa shape index (κ3) is 2.02. The van der Waals surface area contributed by atoms with Gasteiger partial charge >= 0.3 is 0 Å². The van der Waals surface area contributed by atoms with E-state index in [0.717, 1.165) is 12.5 Å². The molecule has 0 radical (unpaired) electrons. The highest BCUT2D eigenvalue weighted by Gasteiger charge is 2.37. The van der Waals surface area contributed by atoms with Crippen molar-refractivity contribution in [1.82, 2.24) is 0 Å². The number of nitrogens with two attached hydrogens (primary N) is 1. The van der Waals surface area contributed by atoms with Crippen molar-refractivity contribution in [2.75, 3.05) is 18.4 Å². The molecule has 0 aromatic heterocycles. The predicted octanol–water partition coefficient (Wildman–Crippen LogP) is 2.63. The Morgan fingerprint density at radius 2 is 2.12 bits per heavy atom. The van der Waals surface area contributed by atoms with Crippen molar-refractivity contribution in [3.05, 3.63) is 29.3 Å². The first-order chi connectivity index (χ1) is 7.96. The minimum Gasteiger partial charge on any atom is -0.382 e. The molecule has 1 atom stereocenters. The molecule has 0 fully saturated rings. The van der Waals surface area contributed by atoms with Gasteiger partial charge in [-0.1, -0.05) is 13.8 Å². The molecule has 94 valence electrons. The Bertz CT molecular complexity index is 430. The van der Waals surface area contributed by atoms with Crippen LogP contribution in [0, 0.1) is 17.6 Å². The molecule has 17 heavy (non-hydrogen) atoms. The molecule has 1 aromatic carbocycles. The Kier molecular flexibility index (Phi) is 3.08. The highest BCUT2D eigenvalue weighted by Crippen LogP contribution is 2.42. The first kappa shape index (κ1) is 12.3. The summed E-state index contributed by atoms with van der Waals surface area (Å²) in [7, 11) is 0. The molecule has 3 N–H and O–H groups in total. The van der Waals surface area contributed by atoms with Crippen molar-refractivity contribution in [2.45, 2.75) is 25.7 Å². The summed E-state index contributed by atoms with van der Waals surface area (Å²) in [6.07, 6.45) is 0.845. The monoisotopic (exact) mass is 240 g/mol. The summed E-state index contributed by atoms with van der Waals surface area (Å²) in [5.41, 5.74) is 6.47. The highest BCUT2D eigenvalue weighted by molar-refractivity contribution is 5.58. The summed E-state index contributed by atoms with van der Waals surface area (Å²) in [4.78, 5) is 0. The van der Waals surface area contributed by atoms with Crippen LogP contribution in [0.2, 0.25) is 0 Å². The van der Waals surface area contributed by atoms with E-state index in [9.17, 15) is 8.78 Å². The summed E-state index contributed by atoms with van der Waals surface area (Å²) < 4.78 is 27.0. The molecule has 0 saturated heterocycles. The fourth-order valence-corrected chi connectivity index (χ4v) is 2.63. The lowest BCUT2D eigenvalue weighted by atomic mass is 9.69. The molecule has 0 aliphatic carbocycles. The fourth-order valence-electron chi connectivity index (χ4n) is 2.63. The van der Waals surface area contributed by atoms with Crippen molar-refractivity contribution < 1.29 is 8.78 Å². The number of anilines is 1. The number of hydrogen-bond donors (Lipinski definition) is 2. The van der Waals surface area contributed by atoms with Gasteiger partial charge in [0.05, 0.1) is 5.69 Å². The minimum atomic E-state index is -0.524. The van der Waals surface area contributed by atoms with Crippen LogP contribution in [0.15, 0.2) is 12.1 Å². The van der Waals surface area contributed by atoms with E-state index in [2.05, 4.69) is 5.32 Å². The van der Waals surface area contributed by atoms with Gasteiger partial charge in [-0.25, -0.2) is 8.78 Å². The van der Waals surface area contributed by atoms with Gasteiger partial charge in [0.2, 0.25) is 0 Å². The normalized spacial score (nSPS) is 21.8. The lowest BCUT2D eigenvalue weighted by Gasteiger charge is -2.41. The molecule has 1 aliphatic heterocycles. The zero-order chi connectivity index (χ0) is 12.6. The Labute approximate surface area is 100 Å². The summed E-state index contributed by atoms with van der Waals surface area (Å²) in [6, 6.07) is 2.35. The van der Waals surface area contributed by atoms with Crippen LogP contribution in [-0.2, 0) is 5.41 Å². The lowest BCUT2D eigenvalue weighted by molar-refractivity contribution is 0.304. The fraction of sp³-hybridized carbons (Fsp3) is 0.538. The van der Waals surface area contributed by atoms with E-state index in [-0.39, 0.29) is 5.41 Å². The zero-order valence-corrected chi connectivity index (χ0v) is 10.2. The Hall–Kier alpha value is -1.16. The van der Waals surface area contributed by atoms with Crippen LogP contribution in [0.5, 0.6) is 0 Å². The quantitative estimate of drug-likeness (QED) is 0.834. The van der Waals surface area contributed by atoms with E-state index in [1.807, 2.05) is 13.8 Å². The Morgan fingerprint density at radius 3 is 2.76 bits per heavy atom. The molecule has 4 heteroatoms. The highest BCUT2D eigenvalue weighted by atomic mass is 19.1. The first-order valence-electron chi connectivity index (χ1n) is 5.90. The SMILES string of the molecule is CC1(C)c2cc(F)cc(F)c2NCC1CCN. The van der Waals surface area contributed by atoms with E-state index in [0.29, 0.717) is 30.3 Å². The van der Waals surface area contributed by atoms with Gasteiger partial charge in [-0.15, -0.1) is 0 Å². The summed E-state index contributed by atoms with van der Waals surface area (Å²) in [6.45, 7) is 5.31. The summed E-state index contributed by atoms with van der Waals surface area (Å²) in [5, 5.41) is 3.05. The van der Waals surface area contributed by atoms with E-state index in [4.69, 9.17) is 5.73 Å². The van der Waals surface area contributed by atoms with Crippen molar-refractivity contribution >= 4 is 5.69 Å².